The largest absolute Gasteiger partial charge is 0.304 e. The lowest BCUT2D eigenvalue weighted by Gasteiger charge is -2.39. The van der Waals surface area contributed by atoms with E-state index in [2.05, 4.69) is 39.8 Å². The first kappa shape index (κ1) is 10.2. The lowest BCUT2D eigenvalue weighted by Crippen LogP contribution is -2.39. The van der Waals surface area contributed by atoms with Crippen molar-refractivity contribution in [2.45, 2.75) is 27.7 Å². The highest BCUT2D eigenvalue weighted by atomic mass is 14.5. The molecule has 1 aliphatic rings. The summed E-state index contributed by atoms with van der Waals surface area (Å²) in [5.41, 5.74) is 0.703. The first-order chi connectivity index (χ1) is 6.01. The van der Waals surface area contributed by atoms with Gasteiger partial charge in [-0.15, -0.1) is 0 Å². The molecule has 0 amide bonds. The van der Waals surface area contributed by atoms with Gasteiger partial charge in [0, 0.05) is 11.1 Å². The van der Waals surface area contributed by atoms with Gasteiger partial charge in [0.25, 0.3) is 0 Å². The van der Waals surface area contributed by atoms with Crippen molar-refractivity contribution in [1.29, 1.82) is 5.41 Å². The molecule has 0 aliphatic heterocycles. The number of allylic oxidation sites excluding steroid dienone is 4. The highest BCUT2D eigenvalue weighted by Crippen LogP contribution is 2.40. The third kappa shape index (κ3) is 1.48. The number of rotatable bonds is 2. The Hall–Kier alpha value is -0.850. The van der Waals surface area contributed by atoms with E-state index in [-0.39, 0.29) is 5.41 Å². The van der Waals surface area contributed by atoms with Crippen LogP contribution in [0.1, 0.15) is 27.7 Å². The van der Waals surface area contributed by atoms with E-state index in [1.54, 1.807) is 0 Å². The van der Waals surface area contributed by atoms with Crippen LogP contribution >= 0.6 is 0 Å². The number of hydrogen-bond donors (Lipinski definition) is 1. The van der Waals surface area contributed by atoms with Crippen molar-refractivity contribution in [3.05, 3.63) is 24.3 Å². The molecule has 0 aromatic rings. The van der Waals surface area contributed by atoms with E-state index in [1.807, 2.05) is 12.2 Å². The molecule has 0 aromatic carbocycles. The standard InChI is InChI=1S/C12H19N/c1-9(2)12(10(3)4)8-6-5-7-11(12)13/h5-10,13H,1-4H3. The van der Waals surface area contributed by atoms with Crippen molar-refractivity contribution < 1.29 is 0 Å². The van der Waals surface area contributed by atoms with E-state index >= 15 is 0 Å². The Morgan fingerprint density at radius 3 is 1.92 bits per heavy atom. The number of hydrogen-bond acceptors (Lipinski definition) is 1. The Labute approximate surface area is 81.1 Å². The molecule has 0 fully saturated rings. The minimum absolute atomic E-state index is 0.0469. The molecule has 13 heavy (non-hydrogen) atoms. The minimum atomic E-state index is -0.0469. The molecule has 1 heteroatoms. The molecule has 0 radical (unpaired) electrons. The van der Waals surface area contributed by atoms with Crippen LogP contribution in [0.4, 0.5) is 0 Å². The van der Waals surface area contributed by atoms with Gasteiger partial charge in [-0.2, -0.15) is 0 Å². The summed E-state index contributed by atoms with van der Waals surface area (Å²) in [6.45, 7) is 8.77. The molecule has 1 aliphatic carbocycles. The van der Waals surface area contributed by atoms with E-state index in [4.69, 9.17) is 5.41 Å². The van der Waals surface area contributed by atoms with Gasteiger partial charge >= 0.3 is 0 Å². The van der Waals surface area contributed by atoms with Gasteiger partial charge in [-0.3, -0.25) is 0 Å². The fourth-order valence-corrected chi connectivity index (χ4v) is 2.27. The maximum absolute atomic E-state index is 8.02. The van der Waals surface area contributed by atoms with Gasteiger partial charge in [0.05, 0.1) is 0 Å². The summed E-state index contributed by atoms with van der Waals surface area (Å²) in [5.74, 6) is 0.974. The zero-order chi connectivity index (χ0) is 10.1. The molecule has 0 aromatic heterocycles. The van der Waals surface area contributed by atoms with Crippen LogP contribution in [0.15, 0.2) is 24.3 Å². The van der Waals surface area contributed by atoms with E-state index < -0.39 is 0 Å². The monoisotopic (exact) mass is 177 g/mol. The molecule has 0 saturated heterocycles. The summed E-state index contributed by atoms with van der Waals surface area (Å²) in [5, 5.41) is 8.02. The average Bonchev–Trinajstić information content (AvgIpc) is 2.04. The molecule has 0 saturated carbocycles. The van der Waals surface area contributed by atoms with Crippen molar-refractivity contribution in [3.8, 4) is 0 Å². The van der Waals surface area contributed by atoms with Gasteiger partial charge in [-0.05, 0) is 17.9 Å². The Morgan fingerprint density at radius 2 is 1.62 bits per heavy atom. The highest BCUT2D eigenvalue weighted by molar-refractivity contribution is 6.00. The van der Waals surface area contributed by atoms with Crippen molar-refractivity contribution >= 4 is 5.71 Å². The van der Waals surface area contributed by atoms with Crippen LogP contribution in [-0.2, 0) is 0 Å². The van der Waals surface area contributed by atoms with Gasteiger partial charge in [0.2, 0.25) is 0 Å². The third-order valence-electron chi connectivity index (χ3n) is 3.12. The van der Waals surface area contributed by atoms with Crippen LogP contribution < -0.4 is 0 Å². The lowest BCUT2D eigenvalue weighted by atomic mass is 9.64. The molecule has 0 unspecified atom stereocenters. The second-order valence-corrected chi connectivity index (χ2v) is 4.37. The summed E-state index contributed by atoms with van der Waals surface area (Å²) in [6.07, 6.45) is 8.12. The fourth-order valence-electron chi connectivity index (χ4n) is 2.27. The molecule has 72 valence electrons. The molecule has 1 N–H and O–H groups in total. The summed E-state index contributed by atoms with van der Waals surface area (Å²) in [7, 11) is 0. The van der Waals surface area contributed by atoms with Gasteiger partial charge < -0.3 is 5.41 Å². The minimum Gasteiger partial charge on any atom is -0.304 e. The predicted molar refractivity (Wildman–Crippen MR) is 58.1 cm³/mol. The maximum atomic E-state index is 8.02. The molecule has 0 atom stereocenters. The first-order valence-electron chi connectivity index (χ1n) is 4.96. The molecule has 0 heterocycles. The Bertz CT molecular complexity index is 248. The summed E-state index contributed by atoms with van der Waals surface area (Å²) in [4.78, 5) is 0. The quantitative estimate of drug-likeness (QED) is 0.668. The van der Waals surface area contributed by atoms with Gasteiger partial charge in [0.15, 0.2) is 0 Å². The molecule has 1 nitrogen and oxygen atoms in total. The summed E-state index contributed by atoms with van der Waals surface area (Å²) in [6, 6.07) is 0. The van der Waals surface area contributed by atoms with E-state index in [0.717, 1.165) is 5.71 Å². The highest BCUT2D eigenvalue weighted by Gasteiger charge is 2.38. The van der Waals surface area contributed by atoms with Crippen LogP contribution in [0.25, 0.3) is 0 Å². The van der Waals surface area contributed by atoms with Gasteiger partial charge in [0.1, 0.15) is 0 Å². The lowest BCUT2D eigenvalue weighted by molar-refractivity contribution is 0.275. The Morgan fingerprint density at radius 1 is 1.08 bits per heavy atom. The fraction of sp³-hybridized carbons (Fsp3) is 0.583. The maximum Gasteiger partial charge on any atom is 0.0418 e. The molecular formula is C12H19N. The van der Waals surface area contributed by atoms with Crippen LogP contribution in [0.2, 0.25) is 0 Å². The summed E-state index contributed by atoms with van der Waals surface area (Å²) >= 11 is 0. The summed E-state index contributed by atoms with van der Waals surface area (Å²) < 4.78 is 0. The number of nitrogens with one attached hydrogen (secondary N) is 1. The van der Waals surface area contributed by atoms with Crippen LogP contribution in [-0.4, -0.2) is 5.71 Å². The molecule has 1 rings (SSSR count). The first-order valence-corrected chi connectivity index (χ1v) is 4.96. The van der Waals surface area contributed by atoms with Gasteiger partial charge in [-0.25, -0.2) is 0 Å². The van der Waals surface area contributed by atoms with Crippen LogP contribution in [0.5, 0.6) is 0 Å². The third-order valence-corrected chi connectivity index (χ3v) is 3.12. The van der Waals surface area contributed by atoms with Crippen molar-refractivity contribution in [2.75, 3.05) is 0 Å². The van der Waals surface area contributed by atoms with Crippen molar-refractivity contribution in [3.63, 3.8) is 0 Å². The average molecular weight is 177 g/mol. The molecular weight excluding hydrogens is 158 g/mol. The molecule has 0 bridgehead atoms. The van der Waals surface area contributed by atoms with Crippen LogP contribution in [0, 0.1) is 22.7 Å². The second-order valence-electron chi connectivity index (χ2n) is 4.37. The van der Waals surface area contributed by atoms with Crippen molar-refractivity contribution in [1.82, 2.24) is 0 Å². The van der Waals surface area contributed by atoms with E-state index in [0.29, 0.717) is 11.8 Å². The normalized spacial score (nSPS) is 20.3. The second kappa shape index (κ2) is 3.49. The van der Waals surface area contributed by atoms with Crippen LogP contribution in [0.3, 0.4) is 0 Å². The van der Waals surface area contributed by atoms with E-state index in [9.17, 15) is 0 Å². The SMILES string of the molecule is CC(C)C1(C(C)C)C=CC=CC1=N. The zero-order valence-electron chi connectivity index (χ0n) is 8.96. The zero-order valence-corrected chi connectivity index (χ0v) is 8.96. The topological polar surface area (TPSA) is 23.9 Å². The van der Waals surface area contributed by atoms with Gasteiger partial charge in [-0.1, -0.05) is 45.9 Å². The van der Waals surface area contributed by atoms with E-state index in [1.165, 1.54) is 0 Å². The smallest absolute Gasteiger partial charge is 0.0418 e. The Kier molecular flexibility index (Phi) is 2.74. The van der Waals surface area contributed by atoms with Crippen molar-refractivity contribution in [2.24, 2.45) is 17.3 Å². The molecule has 0 spiro atoms. The Balaban J connectivity index is 3.11. The predicted octanol–water partition coefficient (Wildman–Crippen LogP) is 3.43.